The van der Waals surface area contributed by atoms with Crippen LogP contribution in [-0.4, -0.2) is 18.7 Å². The maximum atomic E-state index is 12.3. The molecule has 0 fully saturated rings. The van der Waals surface area contributed by atoms with Crippen molar-refractivity contribution in [2.45, 2.75) is 26.8 Å². The lowest BCUT2D eigenvalue weighted by atomic mass is 10.1. The number of carbonyl (C=O) groups is 1. The molecule has 0 spiro atoms. The molecule has 3 rings (SSSR count). The number of hydrogen-bond acceptors (Lipinski definition) is 2. The van der Waals surface area contributed by atoms with Crippen molar-refractivity contribution >= 4 is 22.5 Å². The quantitative estimate of drug-likeness (QED) is 0.678. The summed E-state index contributed by atoms with van der Waals surface area (Å²) in [6, 6.07) is 19.5. The summed E-state index contributed by atoms with van der Waals surface area (Å²) in [5, 5.41) is 7.97. The van der Waals surface area contributed by atoms with Gasteiger partial charge in [-0.2, -0.15) is 0 Å². The first-order valence-corrected chi connectivity index (χ1v) is 8.79. The van der Waals surface area contributed by atoms with Crippen LogP contribution in [0.25, 0.3) is 10.8 Å². The maximum Gasteiger partial charge on any atom is 0.319 e. The maximum absolute atomic E-state index is 12.3. The summed E-state index contributed by atoms with van der Waals surface area (Å²) >= 11 is 0. The van der Waals surface area contributed by atoms with Crippen molar-refractivity contribution in [1.82, 2.24) is 5.32 Å². The molecule has 2 N–H and O–H groups in total. The fourth-order valence-electron chi connectivity index (χ4n) is 2.99. The molecule has 3 aromatic carbocycles. The molecule has 0 aliphatic heterocycles. The van der Waals surface area contributed by atoms with E-state index < -0.39 is 0 Å². The Balaban J connectivity index is 1.59. The van der Waals surface area contributed by atoms with Gasteiger partial charge in [0.05, 0.1) is 11.7 Å². The highest BCUT2D eigenvalue weighted by Crippen LogP contribution is 2.23. The van der Waals surface area contributed by atoms with Gasteiger partial charge in [-0.3, -0.25) is 0 Å². The Labute approximate surface area is 154 Å². The Bertz CT molecular complexity index is 895. The van der Waals surface area contributed by atoms with Gasteiger partial charge in [0.2, 0.25) is 0 Å². The molecule has 1 unspecified atom stereocenters. The largest absolute Gasteiger partial charge is 0.491 e. The van der Waals surface area contributed by atoms with Crippen molar-refractivity contribution in [3.05, 3.63) is 71.8 Å². The number of urea groups is 1. The lowest BCUT2D eigenvalue weighted by Gasteiger charge is -2.18. The highest BCUT2D eigenvalue weighted by atomic mass is 16.5. The highest BCUT2D eigenvalue weighted by molar-refractivity contribution is 6.01. The summed E-state index contributed by atoms with van der Waals surface area (Å²) in [6.07, 6.45) is 0. The van der Waals surface area contributed by atoms with Gasteiger partial charge in [0.1, 0.15) is 12.4 Å². The van der Waals surface area contributed by atoms with Gasteiger partial charge in [0.25, 0.3) is 0 Å². The summed E-state index contributed by atoms with van der Waals surface area (Å²) in [4.78, 5) is 12.3. The van der Waals surface area contributed by atoms with Gasteiger partial charge in [0, 0.05) is 5.39 Å². The molecule has 26 heavy (non-hydrogen) atoms. The summed E-state index contributed by atoms with van der Waals surface area (Å²) in [5.41, 5.74) is 2.98. The van der Waals surface area contributed by atoms with Crippen LogP contribution in [0.5, 0.6) is 5.75 Å². The van der Waals surface area contributed by atoms with E-state index >= 15 is 0 Å². The molecule has 134 valence electrons. The molecular formula is C22H24N2O2. The number of rotatable bonds is 5. The number of hydrogen-bond donors (Lipinski definition) is 2. The van der Waals surface area contributed by atoms with E-state index in [1.807, 2.05) is 81.4 Å². The van der Waals surface area contributed by atoms with Gasteiger partial charge in [-0.05, 0) is 43.4 Å². The zero-order valence-corrected chi connectivity index (χ0v) is 15.4. The number of para-hydroxylation sites is 1. The molecule has 0 aliphatic rings. The third kappa shape index (κ3) is 4.14. The van der Waals surface area contributed by atoms with Crippen LogP contribution in [0.2, 0.25) is 0 Å². The molecule has 0 radical (unpaired) electrons. The topological polar surface area (TPSA) is 50.4 Å². The predicted octanol–water partition coefficient (Wildman–Crippen LogP) is 5.05. The summed E-state index contributed by atoms with van der Waals surface area (Å²) < 4.78 is 5.91. The molecule has 0 aliphatic carbocycles. The zero-order chi connectivity index (χ0) is 18.5. The highest BCUT2D eigenvalue weighted by Gasteiger charge is 2.11. The van der Waals surface area contributed by atoms with Crippen LogP contribution in [0, 0.1) is 13.8 Å². The van der Waals surface area contributed by atoms with Crippen molar-refractivity contribution in [2.24, 2.45) is 0 Å². The average molecular weight is 348 g/mol. The molecule has 0 heterocycles. The lowest BCUT2D eigenvalue weighted by molar-refractivity contribution is 0.236. The number of nitrogens with one attached hydrogen (secondary N) is 2. The standard InChI is InChI=1S/C22H24N2O2/c1-15-8-6-9-16(2)21(15)26-14-17(3)23-22(25)24-20-13-7-11-18-10-4-5-12-19(18)20/h4-13,17H,14H2,1-3H3,(H2,23,24,25). The van der Waals surface area contributed by atoms with Gasteiger partial charge in [-0.25, -0.2) is 4.79 Å². The number of carbonyl (C=O) groups excluding carboxylic acids is 1. The van der Waals surface area contributed by atoms with E-state index in [0.717, 1.165) is 33.3 Å². The van der Waals surface area contributed by atoms with Crippen LogP contribution in [0.15, 0.2) is 60.7 Å². The monoisotopic (exact) mass is 348 g/mol. The Morgan fingerprint density at radius 1 is 0.962 bits per heavy atom. The predicted molar refractivity (Wildman–Crippen MR) is 107 cm³/mol. The number of benzene rings is 3. The Morgan fingerprint density at radius 2 is 1.62 bits per heavy atom. The molecule has 0 aromatic heterocycles. The third-order valence-corrected chi connectivity index (χ3v) is 4.30. The normalized spacial score (nSPS) is 11.8. The number of fused-ring (bicyclic) bond motifs is 1. The van der Waals surface area contributed by atoms with E-state index in [2.05, 4.69) is 10.6 Å². The summed E-state index contributed by atoms with van der Waals surface area (Å²) in [7, 11) is 0. The molecule has 0 bridgehead atoms. The SMILES string of the molecule is Cc1cccc(C)c1OCC(C)NC(=O)Nc1cccc2ccccc12. The minimum atomic E-state index is -0.237. The average Bonchev–Trinajstić information content (AvgIpc) is 2.61. The Morgan fingerprint density at radius 3 is 2.38 bits per heavy atom. The van der Waals surface area contributed by atoms with Crippen LogP contribution < -0.4 is 15.4 Å². The number of anilines is 1. The van der Waals surface area contributed by atoms with E-state index in [0.29, 0.717) is 6.61 Å². The minimum absolute atomic E-state index is 0.121. The number of aryl methyl sites for hydroxylation is 2. The second kappa shape index (κ2) is 7.91. The first-order valence-electron chi connectivity index (χ1n) is 8.79. The molecule has 3 aromatic rings. The third-order valence-electron chi connectivity index (χ3n) is 4.30. The second-order valence-electron chi connectivity index (χ2n) is 6.56. The lowest BCUT2D eigenvalue weighted by Crippen LogP contribution is -2.39. The van der Waals surface area contributed by atoms with Crippen LogP contribution in [-0.2, 0) is 0 Å². The number of ether oxygens (including phenoxy) is 1. The van der Waals surface area contributed by atoms with E-state index in [1.54, 1.807) is 0 Å². The first-order chi connectivity index (χ1) is 12.5. The Hall–Kier alpha value is -3.01. The van der Waals surface area contributed by atoms with Crippen molar-refractivity contribution in [3.8, 4) is 5.75 Å². The van der Waals surface area contributed by atoms with Crippen molar-refractivity contribution in [2.75, 3.05) is 11.9 Å². The Kier molecular flexibility index (Phi) is 5.42. The first kappa shape index (κ1) is 17.8. The fraction of sp³-hybridized carbons (Fsp3) is 0.227. The van der Waals surface area contributed by atoms with Gasteiger partial charge >= 0.3 is 6.03 Å². The smallest absolute Gasteiger partial charge is 0.319 e. The van der Waals surface area contributed by atoms with Gasteiger partial charge < -0.3 is 15.4 Å². The van der Waals surface area contributed by atoms with Crippen molar-refractivity contribution in [3.63, 3.8) is 0 Å². The summed E-state index contributed by atoms with van der Waals surface area (Å²) in [5.74, 6) is 0.885. The molecule has 0 saturated carbocycles. The van der Waals surface area contributed by atoms with Gasteiger partial charge in [-0.1, -0.05) is 54.6 Å². The van der Waals surface area contributed by atoms with Crippen LogP contribution >= 0.6 is 0 Å². The minimum Gasteiger partial charge on any atom is -0.491 e. The molecule has 1 atom stereocenters. The van der Waals surface area contributed by atoms with E-state index in [1.165, 1.54) is 0 Å². The second-order valence-corrected chi connectivity index (χ2v) is 6.56. The van der Waals surface area contributed by atoms with Crippen LogP contribution in [0.3, 0.4) is 0 Å². The molecule has 2 amide bonds. The van der Waals surface area contributed by atoms with Crippen LogP contribution in [0.1, 0.15) is 18.1 Å². The van der Waals surface area contributed by atoms with Crippen molar-refractivity contribution in [1.29, 1.82) is 0 Å². The molecule has 0 saturated heterocycles. The number of amides is 2. The van der Waals surface area contributed by atoms with Crippen molar-refractivity contribution < 1.29 is 9.53 Å². The fourth-order valence-corrected chi connectivity index (χ4v) is 2.99. The molecule has 4 nitrogen and oxygen atoms in total. The summed E-state index contributed by atoms with van der Waals surface area (Å²) in [6.45, 7) is 6.38. The molecule has 4 heteroatoms. The molecular weight excluding hydrogens is 324 g/mol. The van der Waals surface area contributed by atoms with Gasteiger partial charge in [-0.15, -0.1) is 0 Å². The van der Waals surface area contributed by atoms with Crippen LogP contribution in [0.4, 0.5) is 10.5 Å². The van der Waals surface area contributed by atoms with Gasteiger partial charge in [0.15, 0.2) is 0 Å². The van der Waals surface area contributed by atoms with E-state index in [-0.39, 0.29) is 12.1 Å². The van der Waals surface area contributed by atoms with E-state index in [9.17, 15) is 4.79 Å². The zero-order valence-electron chi connectivity index (χ0n) is 15.4. The van der Waals surface area contributed by atoms with E-state index in [4.69, 9.17) is 4.74 Å².